The topological polar surface area (TPSA) is 52.0 Å². The molecule has 0 spiro atoms. The van der Waals surface area contributed by atoms with Crippen molar-refractivity contribution in [3.05, 3.63) is 42.1 Å². The third-order valence-electron chi connectivity index (χ3n) is 3.25. The molecule has 0 aromatic carbocycles. The van der Waals surface area contributed by atoms with Crippen molar-refractivity contribution >= 4 is 0 Å². The van der Waals surface area contributed by atoms with Gasteiger partial charge in [0.25, 0.3) is 0 Å². The van der Waals surface area contributed by atoms with Crippen LogP contribution in [0.2, 0.25) is 0 Å². The average molecular weight is 260 g/mol. The second-order valence-electron chi connectivity index (χ2n) is 4.56. The fourth-order valence-corrected chi connectivity index (χ4v) is 2.03. The molecule has 1 N–H and O–H groups in total. The van der Waals surface area contributed by atoms with Crippen LogP contribution in [0.4, 0.5) is 0 Å². The van der Waals surface area contributed by atoms with Gasteiger partial charge in [-0.15, -0.1) is 0 Å². The van der Waals surface area contributed by atoms with Crippen LogP contribution in [0, 0.1) is 0 Å². The van der Waals surface area contributed by atoms with Gasteiger partial charge in [-0.05, 0) is 19.0 Å². The number of nitrogens with one attached hydrogen (secondary N) is 1. The lowest BCUT2D eigenvalue weighted by molar-refractivity contribution is 0.397. The van der Waals surface area contributed by atoms with Crippen LogP contribution < -0.4 is 10.1 Å². The van der Waals surface area contributed by atoms with E-state index in [1.54, 1.807) is 7.11 Å². The molecule has 0 saturated carbocycles. The maximum atomic E-state index is 5.06. The van der Waals surface area contributed by atoms with Crippen molar-refractivity contribution in [1.29, 1.82) is 0 Å². The van der Waals surface area contributed by atoms with Gasteiger partial charge in [-0.2, -0.15) is 0 Å². The second kappa shape index (κ2) is 6.33. The number of hydrogen-bond acceptors (Lipinski definition) is 4. The number of imidazole rings is 1. The minimum absolute atomic E-state index is 0.344. The summed E-state index contributed by atoms with van der Waals surface area (Å²) in [4.78, 5) is 8.59. The maximum absolute atomic E-state index is 5.06. The Morgan fingerprint density at radius 1 is 1.32 bits per heavy atom. The van der Waals surface area contributed by atoms with Crippen LogP contribution in [0.1, 0.15) is 11.4 Å². The molecule has 5 nitrogen and oxygen atoms in total. The highest BCUT2D eigenvalue weighted by molar-refractivity contribution is 5.19. The highest BCUT2D eigenvalue weighted by atomic mass is 16.5. The molecule has 0 aliphatic rings. The third-order valence-corrected chi connectivity index (χ3v) is 3.25. The number of rotatable bonds is 6. The standard InChI is InChI=1S/C14H20N4O/c1-15-12(9-13-16-6-7-18(13)2)8-11-4-5-14(19-3)17-10-11/h4-7,10,12,15H,8-9H2,1-3H3. The average Bonchev–Trinajstić information content (AvgIpc) is 2.84. The van der Waals surface area contributed by atoms with Crippen LogP contribution >= 0.6 is 0 Å². The molecule has 0 aliphatic heterocycles. The molecule has 2 rings (SSSR count). The highest BCUT2D eigenvalue weighted by Gasteiger charge is 2.11. The molecule has 0 saturated heterocycles. The Hall–Kier alpha value is -1.88. The Kier molecular flexibility index (Phi) is 4.52. The molecular formula is C14H20N4O. The number of aryl methyl sites for hydroxylation is 1. The maximum Gasteiger partial charge on any atom is 0.212 e. The zero-order valence-electron chi connectivity index (χ0n) is 11.6. The van der Waals surface area contributed by atoms with E-state index in [0.29, 0.717) is 11.9 Å². The van der Waals surface area contributed by atoms with Crippen LogP contribution in [0.15, 0.2) is 30.7 Å². The van der Waals surface area contributed by atoms with Crippen LogP contribution in [0.5, 0.6) is 5.88 Å². The van der Waals surface area contributed by atoms with Crippen molar-refractivity contribution in [3.8, 4) is 5.88 Å². The largest absolute Gasteiger partial charge is 0.481 e. The second-order valence-corrected chi connectivity index (χ2v) is 4.56. The fourth-order valence-electron chi connectivity index (χ4n) is 2.03. The minimum atomic E-state index is 0.344. The molecule has 102 valence electrons. The highest BCUT2D eigenvalue weighted by Crippen LogP contribution is 2.10. The monoisotopic (exact) mass is 260 g/mol. The smallest absolute Gasteiger partial charge is 0.212 e. The summed E-state index contributed by atoms with van der Waals surface area (Å²) in [6, 6.07) is 4.29. The van der Waals surface area contributed by atoms with Crippen molar-refractivity contribution in [1.82, 2.24) is 19.9 Å². The predicted molar refractivity (Wildman–Crippen MR) is 74.3 cm³/mol. The Morgan fingerprint density at radius 3 is 2.68 bits per heavy atom. The fraction of sp³-hybridized carbons (Fsp3) is 0.429. The molecule has 0 amide bonds. The van der Waals surface area contributed by atoms with Crippen molar-refractivity contribution in [2.45, 2.75) is 18.9 Å². The van der Waals surface area contributed by atoms with Gasteiger partial charge in [0.2, 0.25) is 5.88 Å². The van der Waals surface area contributed by atoms with Crippen molar-refractivity contribution in [2.24, 2.45) is 7.05 Å². The van der Waals surface area contributed by atoms with E-state index in [2.05, 4.69) is 25.9 Å². The van der Waals surface area contributed by atoms with Gasteiger partial charge in [0.15, 0.2) is 0 Å². The van der Waals surface area contributed by atoms with Crippen LogP contribution in [0.3, 0.4) is 0 Å². The number of aromatic nitrogens is 3. The van der Waals surface area contributed by atoms with Gasteiger partial charge in [0.1, 0.15) is 5.82 Å². The normalized spacial score (nSPS) is 12.4. The zero-order chi connectivity index (χ0) is 13.7. The number of likely N-dealkylation sites (N-methyl/N-ethyl adjacent to an activating group) is 1. The van der Waals surface area contributed by atoms with Gasteiger partial charge in [-0.3, -0.25) is 0 Å². The van der Waals surface area contributed by atoms with Gasteiger partial charge in [0.05, 0.1) is 7.11 Å². The number of hydrogen-bond donors (Lipinski definition) is 1. The lowest BCUT2D eigenvalue weighted by Crippen LogP contribution is -2.31. The first-order chi connectivity index (χ1) is 9.22. The van der Waals surface area contributed by atoms with Crippen LogP contribution in [0.25, 0.3) is 0 Å². The first kappa shape index (κ1) is 13.5. The van der Waals surface area contributed by atoms with E-state index in [-0.39, 0.29) is 0 Å². The number of nitrogens with zero attached hydrogens (tertiary/aromatic N) is 3. The molecular weight excluding hydrogens is 240 g/mol. The Morgan fingerprint density at radius 2 is 2.16 bits per heavy atom. The first-order valence-electron chi connectivity index (χ1n) is 6.35. The van der Waals surface area contributed by atoms with Crippen LogP contribution in [-0.2, 0) is 19.9 Å². The summed E-state index contributed by atoms with van der Waals surface area (Å²) in [6.45, 7) is 0. The molecule has 2 heterocycles. The molecule has 2 aromatic rings. The Labute approximate surface area is 113 Å². The summed E-state index contributed by atoms with van der Waals surface area (Å²) in [5.41, 5.74) is 1.19. The quantitative estimate of drug-likeness (QED) is 0.848. The van der Waals surface area contributed by atoms with Gasteiger partial charge in [-0.25, -0.2) is 9.97 Å². The number of ether oxygens (including phenoxy) is 1. The molecule has 2 aromatic heterocycles. The number of pyridine rings is 1. The van der Waals surface area contributed by atoms with Crippen LogP contribution in [-0.4, -0.2) is 34.7 Å². The molecule has 19 heavy (non-hydrogen) atoms. The minimum Gasteiger partial charge on any atom is -0.481 e. The van der Waals surface area contributed by atoms with E-state index >= 15 is 0 Å². The molecule has 0 bridgehead atoms. The Bertz CT molecular complexity index is 506. The summed E-state index contributed by atoms with van der Waals surface area (Å²) >= 11 is 0. The van der Waals surface area contributed by atoms with Crippen molar-refractivity contribution < 1.29 is 4.74 Å². The zero-order valence-corrected chi connectivity index (χ0v) is 11.6. The number of methoxy groups -OCH3 is 1. The summed E-state index contributed by atoms with van der Waals surface area (Å²) < 4.78 is 7.11. The summed E-state index contributed by atoms with van der Waals surface area (Å²) in [5, 5.41) is 3.33. The van der Waals surface area contributed by atoms with E-state index in [4.69, 9.17) is 4.74 Å². The predicted octanol–water partition coefficient (Wildman–Crippen LogP) is 1.20. The van der Waals surface area contributed by atoms with Crippen molar-refractivity contribution in [2.75, 3.05) is 14.2 Å². The third kappa shape index (κ3) is 3.54. The summed E-state index contributed by atoms with van der Waals surface area (Å²) in [7, 11) is 5.62. The molecule has 0 radical (unpaired) electrons. The first-order valence-corrected chi connectivity index (χ1v) is 6.35. The van der Waals surface area contributed by atoms with Crippen molar-refractivity contribution in [3.63, 3.8) is 0 Å². The van der Waals surface area contributed by atoms with E-state index < -0.39 is 0 Å². The SMILES string of the molecule is CNC(Cc1ccc(OC)nc1)Cc1nccn1C. The molecule has 0 fully saturated rings. The van der Waals surface area contributed by atoms with Gasteiger partial charge < -0.3 is 14.6 Å². The van der Waals surface area contributed by atoms with Gasteiger partial charge in [-0.1, -0.05) is 6.07 Å². The molecule has 5 heteroatoms. The lowest BCUT2D eigenvalue weighted by atomic mass is 10.0. The Balaban J connectivity index is 2.00. The lowest BCUT2D eigenvalue weighted by Gasteiger charge is -2.16. The van der Waals surface area contributed by atoms with Gasteiger partial charge >= 0.3 is 0 Å². The van der Waals surface area contributed by atoms with Gasteiger partial charge in [0, 0.05) is 44.2 Å². The molecule has 1 atom stereocenters. The molecule has 0 aliphatic carbocycles. The van der Waals surface area contributed by atoms with E-state index in [0.717, 1.165) is 18.7 Å². The van der Waals surface area contributed by atoms with E-state index in [1.165, 1.54) is 5.56 Å². The summed E-state index contributed by atoms with van der Waals surface area (Å²) in [5.74, 6) is 1.73. The van der Waals surface area contributed by atoms with E-state index in [9.17, 15) is 0 Å². The molecule has 1 unspecified atom stereocenters. The summed E-state index contributed by atoms with van der Waals surface area (Å²) in [6.07, 6.45) is 7.47. The van der Waals surface area contributed by atoms with E-state index in [1.807, 2.05) is 38.8 Å².